The fourth-order valence-electron chi connectivity index (χ4n) is 1.62. The number of aromatic nitrogens is 1. The van der Waals surface area contributed by atoms with Crippen LogP contribution in [0.5, 0.6) is 0 Å². The van der Waals surface area contributed by atoms with Crippen molar-refractivity contribution in [3.05, 3.63) is 17.8 Å². The number of hydrogen-bond donors (Lipinski definition) is 1. The van der Waals surface area contributed by atoms with Crippen molar-refractivity contribution in [1.29, 1.82) is 0 Å². The summed E-state index contributed by atoms with van der Waals surface area (Å²) in [5, 5.41) is 0. The van der Waals surface area contributed by atoms with Crippen molar-refractivity contribution in [3.63, 3.8) is 0 Å². The van der Waals surface area contributed by atoms with Gasteiger partial charge in [0.25, 0.3) is 0 Å². The number of likely N-dealkylation sites (tertiary alicyclic amines) is 1. The van der Waals surface area contributed by atoms with Crippen molar-refractivity contribution in [2.24, 2.45) is 5.73 Å². The third-order valence-corrected chi connectivity index (χ3v) is 2.43. The van der Waals surface area contributed by atoms with Crippen molar-refractivity contribution in [3.8, 4) is 0 Å². The molecule has 5 nitrogen and oxygen atoms in total. The Hall–Kier alpha value is -1.36. The van der Waals surface area contributed by atoms with Crippen LogP contribution in [-0.2, 0) is 11.3 Å². The molecule has 2 N–H and O–H groups in total. The molecule has 1 fully saturated rings. The van der Waals surface area contributed by atoms with Crippen molar-refractivity contribution >= 4 is 5.91 Å². The predicted octanol–water partition coefficient (Wildman–Crippen LogP) is 0.0426. The van der Waals surface area contributed by atoms with Crippen LogP contribution in [0, 0.1) is 6.92 Å². The van der Waals surface area contributed by atoms with E-state index in [1.54, 1.807) is 4.90 Å². The molecule has 1 unspecified atom stereocenters. The lowest BCUT2D eigenvalue weighted by Crippen LogP contribution is -2.28. The third-order valence-electron chi connectivity index (χ3n) is 2.43. The zero-order valence-electron chi connectivity index (χ0n) is 8.06. The van der Waals surface area contributed by atoms with Crippen LogP contribution >= 0.6 is 0 Å². The summed E-state index contributed by atoms with van der Waals surface area (Å²) < 4.78 is 5.06. The summed E-state index contributed by atoms with van der Waals surface area (Å²) in [7, 11) is 0. The van der Waals surface area contributed by atoms with Gasteiger partial charge in [0.2, 0.25) is 5.91 Å². The Kier molecular flexibility index (Phi) is 2.25. The van der Waals surface area contributed by atoms with Crippen LogP contribution < -0.4 is 5.73 Å². The van der Waals surface area contributed by atoms with Crippen LogP contribution in [0.15, 0.2) is 10.8 Å². The lowest BCUT2D eigenvalue weighted by Gasteiger charge is -2.13. The van der Waals surface area contributed by atoms with Crippen LogP contribution in [0.4, 0.5) is 0 Å². The summed E-state index contributed by atoms with van der Waals surface area (Å²) in [4.78, 5) is 17.2. The zero-order valence-corrected chi connectivity index (χ0v) is 8.06. The Bertz CT molecular complexity index is 348. The van der Waals surface area contributed by atoms with E-state index < -0.39 is 0 Å². The van der Waals surface area contributed by atoms with Gasteiger partial charge in [0.1, 0.15) is 11.5 Å². The summed E-state index contributed by atoms with van der Waals surface area (Å²) in [6.45, 7) is 2.96. The standard InChI is InChI=1S/C9H13N3O2/c1-6-8(11-5-14-6)4-12-3-7(10)2-9(12)13/h5,7H,2-4,10H2,1H3. The molecule has 76 valence electrons. The SMILES string of the molecule is Cc1ocnc1CN1CC(N)CC1=O. The van der Waals surface area contributed by atoms with Gasteiger partial charge in [0.15, 0.2) is 6.39 Å². The van der Waals surface area contributed by atoms with Gasteiger partial charge < -0.3 is 15.1 Å². The Morgan fingerprint density at radius 3 is 3.07 bits per heavy atom. The van der Waals surface area contributed by atoms with Crippen molar-refractivity contribution in [2.75, 3.05) is 6.54 Å². The predicted molar refractivity (Wildman–Crippen MR) is 49.2 cm³/mol. The van der Waals surface area contributed by atoms with E-state index in [0.717, 1.165) is 11.5 Å². The Morgan fingerprint density at radius 2 is 2.57 bits per heavy atom. The highest BCUT2D eigenvalue weighted by molar-refractivity contribution is 5.79. The molecule has 2 heterocycles. The summed E-state index contributed by atoms with van der Waals surface area (Å²) in [5.74, 6) is 0.859. The number of hydrogen-bond acceptors (Lipinski definition) is 4. The first-order valence-electron chi connectivity index (χ1n) is 4.59. The van der Waals surface area contributed by atoms with Gasteiger partial charge >= 0.3 is 0 Å². The van der Waals surface area contributed by atoms with Crippen LogP contribution in [0.3, 0.4) is 0 Å². The zero-order chi connectivity index (χ0) is 10.1. The Morgan fingerprint density at radius 1 is 1.79 bits per heavy atom. The van der Waals surface area contributed by atoms with E-state index in [4.69, 9.17) is 10.2 Å². The minimum Gasteiger partial charge on any atom is -0.448 e. The molecule has 1 aliphatic rings. The molecule has 0 bridgehead atoms. The average molecular weight is 195 g/mol. The molecule has 1 saturated heterocycles. The maximum absolute atomic E-state index is 11.4. The smallest absolute Gasteiger partial charge is 0.224 e. The van der Waals surface area contributed by atoms with E-state index in [1.165, 1.54) is 6.39 Å². The molecule has 5 heteroatoms. The maximum Gasteiger partial charge on any atom is 0.224 e. The van der Waals surface area contributed by atoms with Crippen molar-refractivity contribution in [1.82, 2.24) is 9.88 Å². The topological polar surface area (TPSA) is 72.4 Å². The number of nitrogens with two attached hydrogens (primary N) is 1. The summed E-state index contributed by atoms with van der Waals surface area (Å²) in [5.41, 5.74) is 6.49. The molecule has 0 aromatic carbocycles. The molecule has 1 atom stereocenters. The van der Waals surface area contributed by atoms with E-state index in [0.29, 0.717) is 19.5 Å². The highest BCUT2D eigenvalue weighted by Crippen LogP contribution is 2.14. The van der Waals surface area contributed by atoms with Crippen LogP contribution in [-0.4, -0.2) is 28.4 Å². The first kappa shape index (κ1) is 9.21. The van der Waals surface area contributed by atoms with Gasteiger partial charge in [-0.1, -0.05) is 0 Å². The highest BCUT2D eigenvalue weighted by atomic mass is 16.3. The molecule has 1 aliphatic heterocycles. The first-order valence-corrected chi connectivity index (χ1v) is 4.59. The maximum atomic E-state index is 11.4. The van der Waals surface area contributed by atoms with Crippen molar-refractivity contribution < 1.29 is 9.21 Å². The van der Waals surface area contributed by atoms with Crippen LogP contribution in [0.25, 0.3) is 0 Å². The van der Waals surface area contributed by atoms with E-state index >= 15 is 0 Å². The quantitative estimate of drug-likeness (QED) is 0.723. The average Bonchev–Trinajstić information content (AvgIpc) is 2.62. The second-order valence-corrected chi connectivity index (χ2v) is 3.59. The monoisotopic (exact) mass is 195 g/mol. The van der Waals surface area contributed by atoms with E-state index in [9.17, 15) is 4.79 Å². The second-order valence-electron chi connectivity index (χ2n) is 3.59. The molecule has 14 heavy (non-hydrogen) atoms. The number of carbonyl (C=O) groups excluding carboxylic acids is 1. The molecule has 0 aliphatic carbocycles. The number of aryl methyl sites for hydroxylation is 1. The number of rotatable bonds is 2. The molecule has 1 aromatic rings. The Balaban J connectivity index is 2.05. The minimum absolute atomic E-state index is 0.0327. The number of oxazole rings is 1. The van der Waals surface area contributed by atoms with Gasteiger partial charge in [0, 0.05) is 19.0 Å². The van der Waals surface area contributed by atoms with E-state index in [-0.39, 0.29) is 11.9 Å². The molecule has 2 rings (SSSR count). The summed E-state index contributed by atoms with van der Waals surface area (Å²) in [6.07, 6.45) is 1.84. The molecule has 1 aromatic heterocycles. The number of amides is 1. The summed E-state index contributed by atoms with van der Waals surface area (Å²) >= 11 is 0. The number of carbonyl (C=O) groups is 1. The first-order chi connectivity index (χ1) is 6.66. The molecule has 0 spiro atoms. The lowest BCUT2D eigenvalue weighted by atomic mass is 10.3. The van der Waals surface area contributed by atoms with E-state index in [1.807, 2.05) is 6.92 Å². The normalized spacial score (nSPS) is 22.0. The summed E-state index contributed by atoms with van der Waals surface area (Å²) in [6, 6.07) is -0.0327. The second kappa shape index (κ2) is 3.42. The molecule has 1 amide bonds. The molecular formula is C9H13N3O2. The molecule has 0 radical (unpaired) electrons. The molecule has 0 saturated carbocycles. The number of nitrogens with zero attached hydrogens (tertiary/aromatic N) is 2. The molecular weight excluding hydrogens is 182 g/mol. The van der Waals surface area contributed by atoms with Crippen molar-refractivity contribution in [2.45, 2.75) is 25.9 Å². The fraction of sp³-hybridized carbons (Fsp3) is 0.556. The van der Waals surface area contributed by atoms with Crippen LogP contribution in [0.2, 0.25) is 0 Å². The van der Waals surface area contributed by atoms with Gasteiger partial charge in [-0.3, -0.25) is 4.79 Å². The van der Waals surface area contributed by atoms with Gasteiger partial charge in [-0.2, -0.15) is 0 Å². The fourth-order valence-corrected chi connectivity index (χ4v) is 1.62. The lowest BCUT2D eigenvalue weighted by molar-refractivity contribution is -0.128. The highest BCUT2D eigenvalue weighted by Gasteiger charge is 2.27. The van der Waals surface area contributed by atoms with Gasteiger partial charge in [-0.25, -0.2) is 4.98 Å². The van der Waals surface area contributed by atoms with Gasteiger partial charge in [0.05, 0.1) is 6.54 Å². The van der Waals surface area contributed by atoms with Gasteiger partial charge in [-0.05, 0) is 6.92 Å². The largest absolute Gasteiger partial charge is 0.448 e. The minimum atomic E-state index is -0.0327. The third kappa shape index (κ3) is 1.63. The van der Waals surface area contributed by atoms with Gasteiger partial charge in [-0.15, -0.1) is 0 Å². The Labute approximate surface area is 81.9 Å². The van der Waals surface area contributed by atoms with E-state index in [2.05, 4.69) is 4.98 Å². The van der Waals surface area contributed by atoms with Crippen LogP contribution in [0.1, 0.15) is 17.9 Å².